The molecule has 0 unspecified atom stereocenters. The van der Waals surface area contributed by atoms with E-state index in [0.717, 1.165) is 5.56 Å². The zero-order chi connectivity index (χ0) is 23.5. The minimum absolute atomic E-state index is 0.279. The smallest absolute Gasteiger partial charge is 0.264 e. The molecule has 0 radical (unpaired) electrons. The Balaban J connectivity index is 1.51. The summed E-state index contributed by atoms with van der Waals surface area (Å²) in [6.07, 6.45) is 1.67. The number of carbonyl (C=O) groups is 1. The lowest BCUT2D eigenvalue weighted by atomic mass is 10.2. The van der Waals surface area contributed by atoms with Crippen LogP contribution >= 0.6 is 69.8 Å². The molecule has 33 heavy (non-hydrogen) atoms. The van der Waals surface area contributed by atoms with E-state index in [4.69, 9.17) is 62.7 Å². The molecule has 4 rings (SSSR count). The largest absolute Gasteiger partial charge is 0.486 e. The third-order valence-corrected chi connectivity index (χ3v) is 6.95. The van der Waals surface area contributed by atoms with Gasteiger partial charge in [0, 0.05) is 5.02 Å². The van der Waals surface area contributed by atoms with Crippen LogP contribution in [-0.4, -0.2) is 11.1 Å². The van der Waals surface area contributed by atoms with Gasteiger partial charge in [0.25, 0.3) is 5.91 Å². The number of nitrogens with one attached hydrogen (secondary N) is 1. The number of hydrogen-bond donors (Lipinski definition) is 1. The summed E-state index contributed by atoms with van der Waals surface area (Å²) in [6, 6.07) is 15.7. The second-order valence-electron chi connectivity index (χ2n) is 6.78. The Kier molecular flexibility index (Phi) is 7.80. The van der Waals surface area contributed by atoms with Crippen LogP contribution in [0.15, 0.2) is 64.5 Å². The maximum atomic E-state index is 12.4. The molecule has 1 amide bonds. The Morgan fingerprint density at radius 3 is 2.33 bits per heavy atom. The van der Waals surface area contributed by atoms with E-state index in [9.17, 15) is 4.79 Å². The number of rotatable bonds is 5. The number of amides is 1. The number of hydrogen-bond acceptors (Lipinski definition) is 4. The Morgan fingerprint density at radius 1 is 0.939 bits per heavy atom. The summed E-state index contributed by atoms with van der Waals surface area (Å²) in [4.78, 5) is 17.2. The maximum absolute atomic E-state index is 12.4. The van der Waals surface area contributed by atoms with Gasteiger partial charge < -0.3 is 10.1 Å². The van der Waals surface area contributed by atoms with Crippen LogP contribution in [0.4, 0.5) is 5.69 Å². The Hall–Kier alpha value is -1.86. The van der Waals surface area contributed by atoms with E-state index in [0.29, 0.717) is 52.2 Å². The molecule has 1 N–H and O–H groups in total. The highest BCUT2D eigenvalue weighted by molar-refractivity contribution is 8.18. The second-order valence-corrected chi connectivity index (χ2v) is 9.85. The van der Waals surface area contributed by atoms with Gasteiger partial charge in [-0.15, -0.1) is 0 Å². The molecule has 0 saturated carbocycles. The van der Waals surface area contributed by atoms with Gasteiger partial charge in [-0.05, 0) is 65.4 Å². The third kappa shape index (κ3) is 5.99. The Morgan fingerprint density at radius 2 is 1.64 bits per heavy atom. The summed E-state index contributed by atoms with van der Waals surface area (Å²) < 4.78 is 5.79. The first kappa shape index (κ1) is 24.3. The van der Waals surface area contributed by atoms with Crippen molar-refractivity contribution in [2.45, 2.75) is 6.61 Å². The number of thioether (sulfide) groups is 1. The van der Waals surface area contributed by atoms with Gasteiger partial charge in [-0.25, -0.2) is 4.99 Å². The number of benzene rings is 3. The molecule has 1 fully saturated rings. The highest BCUT2D eigenvalue weighted by Crippen LogP contribution is 2.38. The predicted molar refractivity (Wildman–Crippen MR) is 140 cm³/mol. The maximum Gasteiger partial charge on any atom is 0.264 e. The number of ether oxygens (including phenoxy) is 1. The summed E-state index contributed by atoms with van der Waals surface area (Å²) >= 11 is 32.1. The second kappa shape index (κ2) is 10.6. The molecular formula is C23H13Cl5N2O2S. The van der Waals surface area contributed by atoms with Crippen molar-refractivity contribution in [3.63, 3.8) is 0 Å². The minimum Gasteiger partial charge on any atom is -0.486 e. The SMILES string of the molecule is O=C1NC(=Nc2cccc(Cl)c2Cl)S/C1=C/c1cc(Cl)c(OCc2ccc(Cl)cc2)c(Cl)c1. The standard InChI is InChI=1S/C23H13Cl5N2O2S/c24-14-6-4-12(5-7-14)11-32-21-16(26)8-13(9-17(21)27)10-19-22(31)30-23(33-19)29-18-3-1-2-15(25)20(18)28/h1-10H,11H2,(H,29,30,31)/b19-10+. The van der Waals surface area contributed by atoms with Crippen molar-refractivity contribution in [1.82, 2.24) is 5.32 Å². The Bertz CT molecular complexity index is 1270. The van der Waals surface area contributed by atoms with Gasteiger partial charge in [0.15, 0.2) is 10.9 Å². The molecule has 3 aromatic carbocycles. The lowest BCUT2D eigenvalue weighted by Gasteiger charge is -2.11. The van der Waals surface area contributed by atoms with Crippen LogP contribution in [0.25, 0.3) is 6.08 Å². The summed E-state index contributed by atoms with van der Waals surface area (Å²) in [5.41, 5.74) is 2.02. The van der Waals surface area contributed by atoms with Gasteiger partial charge in [-0.3, -0.25) is 4.79 Å². The van der Waals surface area contributed by atoms with Crippen molar-refractivity contribution in [3.8, 4) is 5.75 Å². The summed E-state index contributed by atoms with van der Waals surface area (Å²) in [7, 11) is 0. The molecule has 4 nitrogen and oxygen atoms in total. The van der Waals surface area contributed by atoms with E-state index in [1.807, 2.05) is 12.1 Å². The average Bonchev–Trinajstić information content (AvgIpc) is 3.10. The van der Waals surface area contributed by atoms with Gasteiger partial charge in [0.2, 0.25) is 0 Å². The van der Waals surface area contributed by atoms with E-state index in [-0.39, 0.29) is 12.5 Å². The van der Waals surface area contributed by atoms with Gasteiger partial charge in [0.05, 0.1) is 30.7 Å². The van der Waals surface area contributed by atoms with E-state index < -0.39 is 0 Å². The lowest BCUT2D eigenvalue weighted by Crippen LogP contribution is -2.19. The van der Waals surface area contributed by atoms with E-state index >= 15 is 0 Å². The molecule has 0 atom stereocenters. The molecule has 1 saturated heterocycles. The lowest BCUT2D eigenvalue weighted by molar-refractivity contribution is -0.115. The van der Waals surface area contributed by atoms with Gasteiger partial charge in [0.1, 0.15) is 6.61 Å². The first-order valence-electron chi connectivity index (χ1n) is 9.40. The van der Waals surface area contributed by atoms with Crippen molar-refractivity contribution in [1.29, 1.82) is 0 Å². The highest BCUT2D eigenvalue weighted by atomic mass is 35.5. The molecule has 0 bridgehead atoms. The molecular weight excluding hydrogens is 546 g/mol. The van der Waals surface area contributed by atoms with Crippen LogP contribution in [0.3, 0.4) is 0 Å². The number of nitrogens with zero attached hydrogens (tertiary/aromatic N) is 1. The van der Waals surface area contributed by atoms with Gasteiger partial charge in [-0.2, -0.15) is 0 Å². The molecule has 0 aliphatic carbocycles. The molecule has 168 valence electrons. The van der Waals surface area contributed by atoms with Crippen molar-refractivity contribution >= 4 is 92.6 Å². The van der Waals surface area contributed by atoms with Crippen molar-refractivity contribution in [2.75, 3.05) is 0 Å². The van der Waals surface area contributed by atoms with Crippen LogP contribution in [0.5, 0.6) is 5.75 Å². The van der Waals surface area contributed by atoms with Gasteiger partial charge in [-0.1, -0.05) is 76.2 Å². The molecule has 3 aromatic rings. The van der Waals surface area contributed by atoms with E-state index in [1.165, 1.54) is 11.8 Å². The highest BCUT2D eigenvalue weighted by Gasteiger charge is 2.24. The predicted octanol–water partition coefficient (Wildman–Crippen LogP) is 8.42. The quantitative estimate of drug-likeness (QED) is 0.320. The summed E-state index contributed by atoms with van der Waals surface area (Å²) in [6.45, 7) is 0.279. The van der Waals surface area contributed by atoms with E-state index in [2.05, 4.69) is 10.3 Å². The normalized spacial score (nSPS) is 15.8. The third-order valence-electron chi connectivity index (χ3n) is 4.42. The molecule has 1 aliphatic heterocycles. The molecule has 0 aromatic heterocycles. The fraction of sp³-hybridized carbons (Fsp3) is 0.0435. The molecule has 10 heteroatoms. The van der Waals surface area contributed by atoms with Crippen molar-refractivity contribution < 1.29 is 9.53 Å². The van der Waals surface area contributed by atoms with Crippen molar-refractivity contribution in [3.05, 3.63) is 95.7 Å². The molecule has 0 spiro atoms. The number of carbonyl (C=O) groups excluding carboxylic acids is 1. The van der Waals surface area contributed by atoms with Crippen molar-refractivity contribution in [2.24, 2.45) is 4.99 Å². The molecule has 1 heterocycles. The summed E-state index contributed by atoms with van der Waals surface area (Å²) in [5.74, 6) is 0.0593. The fourth-order valence-corrected chi connectivity index (χ4v) is 4.77. The van der Waals surface area contributed by atoms with Crippen LogP contribution < -0.4 is 10.1 Å². The van der Waals surface area contributed by atoms with Crippen LogP contribution in [0.1, 0.15) is 11.1 Å². The zero-order valence-electron chi connectivity index (χ0n) is 16.5. The fourth-order valence-electron chi connectivity index (χ4n) is 2.86. The topological polar surface area (TPSA) is 50.7 Å². The summed E-state index contributed by atoms with van der Waals surface area (Å²) in [5, 5.41) is 5.08. The average molecular weight is 559 g/mol. The van der Waals surface area contributed by atoms with Crippen LogP contribution in [0.2, 0.25) is 25.1 Å². The number of amidine groups is 1. The van der Waals surface area contributed by atoms with Crippen LogP contribution in [0, 0.1) is 0 Å². The van der Waals surface area contributed by atoms with E-state index in [1.54, 1.807) is 48.5 Å². The minimum atomic E-state index is -0.299. The first-order chi connectivity index (χ1) is 15.8. The number of aliphatic imine (C=N–C) groups is 1. The first-order valence-corrected chi connectivity index (χ1v) is 12.1. The zero-order valence-corrected chi connectivity index (χ0v) is 21.1. The Labute approximate surface area is 219 Å². The monoisotopic (exact) mass is 556 g/mol. The van der Waals surface area contributed by atoms with Crippen LogP contribution in [-0.2, 0) is 11.4 Å². The van der Waals surface area contributed by atoms with Gasteiger partial charge >= 0.3 is 0 Å². The molecule has 1 aliphatic rings. The number of halogens is 5.